The number of rotatable bonds is 4. The van der Waals surface area contributed by atoms with Gasteiger partial charge in [0, 0.05) is 11.7 Å². The molecule has 9 heteroatoms. The molecular formula is C17H21FN6O2. The minimum Gasteiger partial charge on any atom is -0.480 e. The lowest BCUT2D eigenvalue weighted by atomic mass is 9.72. The molecule has 1 saturated carbocycles. The monoisotopic (exact) mass is 360 g/mol. The normalized spacial score (nSPS) is 28.3. The fourth-order valence-corrected chi connectivity index (χ4v) is 4.24. The quantitative estimate of drug-likeness (QED) is 0.655. The van der Waals surface area contributed by atoms with Gasteiger partial charge in [-0.3, -0.25) is 4.79 Å². The summed E-state index contributed by atoms with van der Waals surface area (Å²) < 4.78 is 14.3. The molecule has 26 heavy (non-hydrogen) atoms. The average Bonchev–Trinajstić information content (AvgIpc) is 3.15. The van der Waals surface area contributed by atoms with Crippen molar-refractivity contribution in [3.8, 4) is 11.4 Å². The van der Waals surface area contributed by atoms with Crippen LogP contribution in [0.4, 0.5) is 10.1 Å². The first kappa shape index (κ1) is 16.9. The van der Waals surface area contributed by atoms with E-state index in [2.05, 4.69) is 31.3 Å². The Hall–Kier alpha value is -2.55. The second-order valence-corrected chi connectivity index (χ2v) is 7.11. The van der Waals surface area contributed by atoms with Gasteiger partial charge in [-0.2, -0.15) is 5.21 Å². The minimum atomic E-state index is -0.789. The van der Waals surface area contributed by atoms with E-state index in [1.165, 1.54) is 6.07 Å². The Balaban J connectivity index is 1.50. The summed E-state index contributed by atoms with van der Waals surface area (Å²) in [5.41, 5.74) is 0.940. The van der Waals surface area contributed by atoms with Gasteiger partial charge in [-0.05, 0) is 61.4 Å². The van der Waals surface area contributed by atoms with Gasteiger partial charge in [-0.1, -0.05) is 6.07 Å². The number of hydrogen-bond donors (Lipinski definition) is 4. The molecule has 8 nitrogen and oxygen atoms in total. The lowest BCUT2D eigenvalue weighted by Gasteiger charge is -2.42. The van der Waals surface area contributed by atoms with Gasteiger partial charge in [0.25, 0.3) is 0 Å². The molecule has 1 aromatic heterocycles. The maximum Gasteiger partial charge on any atom is 0.320 e. The molecular weight excluding hydrogens is 339 g/mol. The second-order valence-electron chi connectivity index (χ2n) is 7.11. The van der Waals surface area contributed by atoms with Crippen LogP contribution in [-0.4, -0.2) is 50.3 Å². The van der Waals surface area contributed by atoms with Crippen molar-refractivity contribution in [2.75, 3.05) is 11.9 Å². The molecule has 0 unspecified atom stereocenters. The van der Waals surface area contributed by atoms with E-state index in [-0.39, 0.29) is 11.9 Å². The fraction of sp³-hybridized carbons (Fsp3) is 0.529. The molecule has 2 aliphatic rings. The molecule has 0 spiro atoms. The Bertz CT molecular complexity index is 784. The van der Waals surface area contributed by atoms with Gasteiger partial charge in [-0.25, -0.2) is 4.39 Å². The van der Waals surface area contributed by atoms with E-state index in [1.54, 1.807) is 6.07 Å². The molecule has 0 bridgehead atoms. The Morgan fingerprint density at radius 3 is 2.92 bits per heavy atom. The average molecular weight is 360 g/mol. The van der Waals surface area contributed by atoms with Crippen molar-refractivity contribution in [2.24, 2.45) is 11.8 Å². The van der Waals surface area contributed by atoms with E-state index in [0.29, 0.717) is 29.5 Å². The Labute approximate surface area is 149 Å². The number of benzene rings is 1. The summed E-state index contributed by atoms with van der Waals surface area (Å²) in [7, 11) is 0. The highest BCUT2D eigenvalue weighted by Crippen LogP contribution is 2.38. The molecule has 2 fully saturated rings. The van der Waals surface area contributed by atoms with Crippen molar-refractivity contribution in [1.29, 1.82) is 0 Å². The summed E-state index contributed by atoms with van der Waals surface area (Å²) in [4.78, 5) is 11.3. The van der Waals surface area contributed by atoms with Gasteiger partial charge in [0.15, 0.2) is 0 Å². The maximum atomic E-state index is 14.3. The molecule has 4 atom stereocenters. The number of fused-ring (bicyclic) bond motifs is 1. The molecule has 0 radical (unpaired) electrons. The van der Waals surface area contributed by atoms with Gasteiger partial charge in [-0.15, -0.1) is 10.2 Å². The van der Waals surface area contributed by atoms with Gasteiger partial charge in [0.1, 0.15) is 11.9 Å². The standard InChI is InChI=1S/C17H21FN6O2/c18-12-2-1-3-13(15(12)16-21-23-24-22-16)20-11-5-4-9-8-19-14(17(25)26)7-10(9)6-11/h1-3,9-11,14,19-20H,4-8H2,(H,25,26)(H,21,22,23,24)/t9-,10+,11-,14-/m0/s1. The largest absolute Gasteiger partial charge is 0.480 e. The van der Waals surface area contributed by atoms with Crippen LogP contribution in [0.1, 0.15) is 25.7 Å². The number of carboxylic acids is 1. The van der Waals surface area contributed by atoms with E-state index in [9.17, 15) is 14.3 Å². The number of carbonyl (C=O) groups is 1. The third-order valence-electron chi connectivity index (χ3n) is 5.55. The number of aromatic amines is 1. The molecule has 2 aromatic rings. The van der Waals surface area contributed by atoms with Crippen LogP contribution in [-0.2, 0) is 4.79 Å². The van der Waals surface area contributed by atoms with Crippen LogP contribution in [0.5, 0.6) is 0 Å². The molecule has 2 heterocycles. The van der Waals surface area contributed by atoms with Crippen molar-refractivity contribution in [1.82, 2.24) is 25.9 Å². The van der Waals surface area contributed by atoms with Crippen molar-refractivity contribution < 1.29 is 14.3 Å². The van der Waals surface area contributed by atoms with Crippen LogP contribution in [0.3, 0.4) is 0 Å². The highest BCUT2D eigenvalue weighted by atomic mass is 19.1. The smallest absolute Gasteiger partial charge is 0.320 e. The molecule has 1 saturated heterocycles. The number of halogens is 1. The number of aromatic nitrogens is 4. The Morgan fingerprint density at radius 2 is 2.15 bits per heavy atom. The number of tetrazole rings is 1. The number of H-pyrrole nitrogens is 1. The molecule has 1 aliphatic heterocycles. The molecule has 4 rings (SSSR count). The topological polar surface area (TPSA) is 116 Å². The summed E-state index contributed by atoms with van der Waals surface area (Å²) in [6, 6.07) is 4.52. The number of nitrogens with zero attached hydrogens (tertiary/aromatic N) is 3. The van der Waals surface area contributed by atoms with Crippen LogP contribution in [0.15, 0.2) is 18.2 Å². The maximum absolute atomic E-state index is 14.3. The lowest BCUT2D eigenvalue weighted by Crippen LogP contribution is -2.50. The van der Waals surface area contributed by atoms with Gasteiger partial charge >= 0.3 is 5.97 Å². The Kier molecular flexibility index (Phi) is 4.54. The van der Waals surface area contributed by atoms with Crippen LogP contribution < -0.4 is 10.6 Å². The summed E-state index contributed by atoms with van der Waals surface area (Å²) in [5, 5.41) is 29.5. The predicted molar refractivity (Wildman–Crippen MR) is 91.9 cm³/mol. The zero-order valence-corrected chi connectivity index (χ0v) is 14.2. The van der Waals surface area contributed by atoms with Crippen LogP contribution in [0.2, 0.25) is 0 Å². The van der Waals surface area contributed by atoms with Gasteiger partial charge in [0.2, 0.25) is 5.82 Å². The van der Waals surface area contributed by atoms with Crippen molar-refractivity contribution in [2.45, 2.75) is 37.8 Å². The number of piperidine rings is 1. The first-order valence-electron chi connectivity index (χ1n) is 8.87. The SMILES string of the molecule is O=C(O)[C@@H]1C[C@H]2C[C@@H](Nc3cccc(F)c3-c3nn[nH]n3)CC[C@H]2CN1. The highest BCUT2D eigenvalue weighted by Gasteiger charge is 2.37. The molecule has 1 aliphatic carbocycles. The third-order valence-corrected chi connectivity index (χ3v) is 5.55. The molecule has 0 amide bonds. The molecule has 1 aromatic carbocycles. The summed E-state index contributed by atoms with van der Waals surface area (Å²) in [6.45, 7) is 0.752. The first-order chi connectivity index (χ1) is 12.6. The predicted octanol–water partition coefficient (Wildman–Crippen LogP) is 1.65. The fourth-order valence-electron chi connectivity index (χ4n) is 4.24. The molecule has 4 N–H and O–H groups in total. The third kappa shape index (κ3) is 3.26. The van der Waals surface area contributed by atoms with Gasteiger partial charge < -0.3 is 15.7 Å². The van der Waals surface area contributed by atoms with Crippen molar-refractivity contribution in [3.05, 3.63) is 24.0 Å². The van der Waals surface area contributed by atoms with E-state index < -0.39 is 17.8 Å². The lowest BCUT2D eigenvalue weighted by molar-refractivity contribution is -0.141. The highest BCUT2D eigenvalue weighted by molar-refractivity contribution is 5.74. The number of hydrogen-bond acceptors (Lipinski definition) is 6. The van der Waals surface area contributed by atoms with Crippen LogP contribution >= 0.6 is 0 Å². The minimum absolute atomic E-state index is 0.163. The van der Waals surface area contributed by atoms with Crippen molar-refractivity contribution in [3.63, 3.8) is 0 Å². The van der Waals surface area contributed by atoms with Crippen molar-refractivity contribution >= 4 is 11.7 Å². The van der Waals surface area contributed by atoms with Crippen LogP contribution in [0.25, 0.3) is 11.4 Å². The zero-order chi connectivity index (χ0) is 18.1. The zero-order valence-electron chi connectivity index (χ0n) is 14.2. The van der Waals surface area contributed by atoms with E-state index in [0.717, 1.165) is 25.8 Å². The van der Waals surface area contributed by atoms with E-state index >= 15 is 0 Å². The second kappa shape index (κ2) is 6.99. The van der Waals surface area contributed by atoms with E-state index in [1.807, 2.05) is 6.07 Å². The number of aliphatic carboxylic acids is 1. The van der Waals surface area contributed by atoms with Crippen LogP contribution in [0, 0.1) is 17.7 Å². The summed E-state index contributed by atoms with van der Waals surface area (Å²) in [6.07, 6.45) is 3.49. The number of anilines is 1. The summed E-state index contributed by atoms with van der Waals surface area (Å²) in [5.74, 6) is -0.119. The number of nitrogens with one attached hydrogen (secondary N) is 3. The number of carboxylic acid groups (broad SMARTS) is 1. The molecule has 138 valence electrons. The first-order valence-corrected chi connectivity index (χ1v) is 8.87. The summed E-state index contributed by atoms with van der Waals surface area (Å²) >= 11 is 0. The van der Waals surface area contributed by atoms with E-state index in [4.69, 9.17) is 0 Å². The van der Waals surface area contributed by atoms with Gasteiger partial charge in [0.05, 0.1) is 5.56 Å². The Morgan fingerprint density at radius 1 is 1.27 bits per heavy atom.